The molecule has 7 heteroatoms. The Balaban J connectivity index is 3.43. The summed E-state index contributed by atoms with van der Waals surface area (Å²) in [6.07, 6.45) is 0. The predicted octanol–water partition coefficient (Wildman–Crippen LogP) is 0.987. The predicted molar refractivity (Wildman–Crippen MR) is 63.0 cm³/mol. The second-order valence-electron chi connectivity index (χ2n) is 3.62. The summed E-state index contributed by atoms with van der Waals surface area (Å²) in [4.78, 5) is 21.5. The Kier molecular flexibility index (Phi) is 4.75. The summed E-state index contributed by atoms with van der Waals surface area (Å²) < 4.78 is 9.88. The molecule has 0 saturated carbocycles. The van der Waals surface area contributed by atoms with Crippen molar-refractivity contribution in [3.63, 3.8) is 0 Å². The number of methoxy groups -OCH3 is 2. The third-order valence-corrected chi connectivity index (χ3v) is 2.39. The topological polar surface area (TPSA) is 105 Å². The fraction of sp³-hybridized carbons (Fsp3) is 0.364. The van der Waals surface area contributed by atoms with E-state index in [-0.39, 0.29) is 24.5 Å². The van der Waals surface area contributed by atoms with Crippen molar-refractivity contribution >= 4 is 11.6 Å². The average Bonchev–Trinajstić information content (AvgIpc) is 2.30. The van der Waals surface area contributed by atoms with Crippen molar-refractivity contribution in [1.82, 2.24) is 0 Å². The standard InChI is InChI=1S/C11H14N2O5/c1-17-5-8-3-7(11(12)14)4-10(13(15)16)9(8)6-18-2/h3-4H,5-6H2,1-2H3,(H2,12,14). The lowest BCUT2D eigenvalue weighted by atomic mass is 10.0. The molecule has 0 radical (unpaired) electrons. The molecule has 0 fully saturated rings. The van der Waals surface area contributed by atoms with Gasteiger partial charge in [0.1, 0.15) is 0 Å². The first-order valence-electron chi connectivity index (χ1n) is 5.09. The van der Waals surface area contributed by atoms with Crippen LogP contribution in [0.2, 0.25) is 0 Å². The Bertz CT molecular complexity index is 473. The van der Waals surface area contributed by atoms with Gasteiger partial charge in [-0.3, -0.25) is 14.9 Å². The van der Waals surface area contributed by atoms with E-state index in [9.17, 15) is 14.9 Å². The summed E-state index contributed by atoms with van der Waals surface area (Å²) in [6.45, 7) is 0.203. The number of ether oxygens (including phenoxy) is 2. The second kappa shape index (κ2) is 6.08. The van der Waals surface area contributed by atoms with Crippen LogP contribution in [0.3, 0.4) is 0 Å². The van der Waals surface area contributed by atoms with E-state index in [2.05, 4.69) is 0 Å². The normalized spacial score (nSPS) is 10.3. The van der Waals surface area contributed by atoms with Crippen LogP contribution in [0, 0.1) is 10.1 Å². The van der Waals surface area contributed by atoms with Gasteiger partial charge >= 0.3 is 0 Å². The van der Waals surface area contributed by atoms with Crippen LogP contribution >= 0.6 is 0 Å². The summed E-state index contributed by atoms with van der Waals surface area (Å²) in [5, 5.41) is 11.0. The van der Waals surface area contributed by atoms with Crippen molar-refractivity contribution in [1.29, 1.82) is 0 Å². The molecule has 0 aromatic heterocycles. The maximum absolute atomic E-state index is 11.1. The third kappa shape index (κ3) is 3.02. The maximum Gasteiger partial charge on any atom is 0.276 e. The van der Waals surface area contributed by atoms with Crippen LogP contribution in [0.15, 0.2) is 12.1 Å². The molecule has 0 spiro atoms. The van der Waals surface area contributed by atoms with Crippen molar-refractivity contribution in [3.8, 4) is 0 Å². The first-order chi connectivity index (χ1) is 8.51. The lowest BCUT2D eigenvalue weighted by Gasteiger charge is -2.10. The van der Waals surface area contributed by atoms with Gasteiger partial charge < -0.3 is 15.2 Å². The lowest BCUT2D eigenvalue weighted by Crippen LogP contribution is -2.13. The highest BCUT2D eigenvalue weighted by Gasteiger charge is 2.21. The molecule has 1 aromatic carbocycles. The molecule has 0 heterocycles. The molecule has 0 aliphatic rings. The zero-order valence-corrected chi connectivity index (χ0v) is 10.1. The van der Waals surface area contributed by atoms with Crippen LogP contribution in [0.4, 0.5) is 5.69 Å². The van der Waals surface area contributed by atoms with Gasteiger partial charge in [-0.15, -0.1) is 0 Å². The Hall–Kier alpha value is -1.99. The average molecular weight is 254 g/mol. The number of rotatable bonds is 6. The van der Waals surface area contributed by atoms with Crippen LogP contribution in [0.25, 0.3) is 0 Å². The fourth-order valence-corrected chi connectivity index (χ4v) is 1.62. The van der Waals surface area contributed by atoms with E-state index in [1.54, 1.807) is 0 Å². The summed E-state index contributed by atoms with van der Waals surface area (Å²) >= 11 is 0. The number of benzene rings is 1. The number of nitro groups is 1. The van der Waals surface area contributed by atoms with Crippen LogP contribution in [-0.2, 0) is 22.7 Å². The van der Waals surface area contributed by atoms with E-state index >= 15 is 0 Å². The molecule has 1 amide bonds. The molecule has 1 rings (SSSR count). The molecule has 0 unspecified atom stereocenters. The number of carbonyl (C=O) groups is 1. The van der Waals surface area contributed by atoms with Crippen LogP contribution in [0.1, 0.15) is 21.5 Å². The number of amides is 1. The van der Waals surface area contributed by atoms with Crippen LogP contribution in [0.5, 0.6) is 0 Å². The molecular formula is C11H14N2O5. The zero-order valence-electron chi connectivity index (χ0n) is 10.1. The van der Waals surface area contributed by atoms with Gasteiger partial charge in [0.25, 0.3) is 5.69 Å². The Morgan fingerprint density at radius 2 is 1.94 bits per heavy atom. The molecule has 0 aliphatic carbocycles. The minimum absolute atomic E-state index is 0.0635. The summed E-state index contributed by atoms with van der Waals surface area (Å²) in [7, 11) is 2.89. The highest BCUT2D eigenvalue weighted by atomic mass is 16.6. The van der Waals surface area contributed by atoms with E-state index < -0.39 is 10.8 Å². The molecule has 0 saturated heterocycles. The van der Waals surface area contributed by atoms with Gasteiger partial charge in [-0.1, -0.05) is 0 Å². The second-order valence-corrected chi connectivity index (χ2v) is 3.62. The number of carbonyl (C=O) groups excluding carboxylic acids is 1. The first kappa shape index (κ1) is 14.1. The highest BCUT2D eigenvalue weighted by molar-refractivity contribution is 5.94. The zero-order chi connectivity index (χ0) is 13.7. The van der Waals surface area contributed by atoms with Gasteiger partial charge in [0.05, 0.1) is 23.7 Å². The Morgan fingerprint density at radius 3 is 2.39 bits per heavy atom. The summed E-state index contributed by atoms with van der Waals surface area (Å²) in [5.74, 6) is -0.723. The van der Waals surface area contributed by atoms with Crippen molar-refractivity contribution in [3.05, 3.63) is 38.9 Å². The van der Waals surface area contributed by atoms with Crippen molar-refractivity contribution in [2.75, 3.05) is 14.2 Å². The number of nitro benzene ring substituents is 1. The molecule has 2 N–H and O–H groups in total. The Labute approximate surface area is 104 Å². The maximum atomic E-state index is 11.1. The summed E-state index contributed by atoms with van der Waals surface area (Å²) in [5.41, 5.74) is 5.92. The van der Waals surface area contributed by atoms with Gasteiger partial charge in [-0.05, 0) is 11.6 Å². The number of primary amides is 1. The first-order valence-corrected chi connectivity index (χ1v) is 5.09. The number of nitrogens with zero attached hydrogens (tertiary/aromatic N) is 1. The monoisotopic (exact) mass is 254 g/mol. The van der Waals surface area contributed by atoms with Gasteiger partial charge in [-0.2, -0.15) is 0 Å². The van der Waals surface area contributed by atoms with Crippen molar-refractivity contribution in [2.45, 2.75) is 13.2 Å². The van der Waals surface area contributed by atoms with Gasteiger partial charge in [0.2, 0.25) is 5.91 Å². The van der Waals surface area contributed by atoms with Crippen LogP contribution in [-0.4, -0.2) is 25.1 Å². The number of hydrogen-bond acceptors (Lipinski definition) is 5. The van der Waals surface area contributed by atoms with Crippen molar-refractivity contribution in [2.24, 2.45) is 5.73 Å². The molecule has 18 heavy (non-hydrogen) atoms. The molecule has 98 valence electrons. The molecule has 0 aliphatic heterocycles. The van der Waals surface area contributed by atoms with E-state index in [0.717, 1.165) is 6.07 Å². The SMILES string of the molecule is COCc1cc(C(N)=O)cc([N+](=O)[O-])c1COC. The molecular weight excluding hydrogens is 240 g/mol. The fourth-order valence-electron chi connectivity index (χ4n) is 1.62. The third-order valence-electron chi connectivity index (χ3n) is 2.39. The minimum atomic E-state index is -0.723. The highest BCUT2D eigenvalue weighted by Crippen LogP contribution is 2.26. The summed E-state index contributed by atoms with van der Waals surface area (Å²) in [6, 6.07) is 2.63. The molecule has 7 nitrogen and oxygen atoms in total. The Morgan fingerprint density at radius 1 is 1.33 bits per heavy atom. The van der Waals surface area contributed by atoms with Gasteiger partial charge in [0, 0.05) is 25.8 Å². The quantitative estimate of drug-likeness (QED) is 0.602. The molecule has 0 atom stereocenters. The molecule has 1 aromatic rings. The van der Waals surface area contributed by atoms with Gasteiger partial charge in [0.15, 0.2) is 0 Å². The van der Waals surface area contributed by atoms with E-state index in [1.807, 2.05) is 0 Å². The minimum Gasteiger partial charge on any atom is -0.380 e. The molecule has 0 bridgehead atoms. The largest absolute Gasteiger partial charge is 0.380 e. The lowest BCUT2D eigenvalue weighted by molar-refractivity contribution is -0.386. The van der Waals surface area contributed by atoms with E-state index in [4.69, 9.17) is 15.2 Å². The van der Waals surface area contributed by atoms with Crippen molar-refractivity contribution < 1.29 is 19.2 Å². The van der Waals surface area contributed by atoms with Crippen LogP contribution < -0.4 is 5.73 Å². The number of hydrogen-bond donors (Lipinski definition) is 1. The number of nitrogens with two attached hydrogens (primary N) is 1. The smallest absolute Gasteiger partial charge is 0.276 e. The van der Waals surface area contributed by atoms with Gasteiger partial charge in [-0.25, -0.2) is 0 Å². The van der Waals surface area contributed by atoms with E-state index in [1.165, 1.54) is 20.3 Å². The van der Waals surface area contributed by atoms with E-state index in [0.29, 0.717) is 11.1 Å².